The predicted octanol–water partition coefficient (Wildman–Crippen LogP) is 4.86. The summed E-state index contributed by atoms with van der Waals surface area (Å²) in [6, 6.07) is 16.1. The van der Waals surface area contributed by atoms with E-state index < -0.39 is 5.54 Å². The molecule has 7 heteroatoms. The first-order chi connectivity index (χ1) is 18.5. The number of unbranched alkanes of at least 4 members (excludes halogenated alkanes) is 1. The summed E-state index contributed by atoms with van der Waals surface area (Å²) in [5.74, 6) is 10.0. The highest BCUT2D eigenvalue weighted by molar-refractivity contribution is 5.95. The second-order valence-corrected chi connectivity index (χ2v) is 9.43. The maximum atomic E-state index is 12.5. The fraction of sp³-hybridized carbons (Fsp3) is 0.387. The van der Waals surface area contributed by atoms with Crippen LogP contribution in [0.2, 0.25) is 0 Å². The van der Waals surface area contributed by atoms with Gasteiger partial charge in [-0.05, 0) is 55.0 Å². The van der Waals surface area contributed by atoms with Crippen LogP contribution in [0.25, 0.3) is 16.7 Å². The predicted molar refractivity (Wildman–Crippen MR) is 149 cm³/mol. The molecule has 0 aliphatic carbocycles. The average molecular weight is 514 g/mol. The minimum Gasteiger partial charge on any atom is -0.497 e. The maximum Gasteiger partial charge on any atom is 0.226 e. The van der Waals surface area contributed by atoms with Gasteiger partial charge in [-0.25, -0.2) is 9.86 Å². The van der Waals surface area contributed by atoms with Gasteiger partial charge >= 0.3 is 0 Å². The van der Waals surface area contributed by atoms with Crippen LogP contribution in [0.3, 0.4) is 0 Å². The minimum atomic E-state index is -0.883. The summed E-state index contributed by atoms with van der Waals surface area (Å²) in [5.41, 5.74) is 3.10. The van der Waals surface area contributed by atoms with E-state index in [2.05, 4.69) is 42.2 Å². The normalized spacial score (nSPS) is 16.1. The summed E-state index contributed by atoms with van der Waals surface area (Å²) >= 11 is 0. The van der Waals surface area contributed by atoms with Gasteiger partial charge in [0.1, 0.15) is 5.75 Å². The molecule has 0 radical (unpaired) electrons. The van der Waals surface area contributed by atoms with E-state index in [1.54, 1.807) is 19.3 Å². The molecule has 0 spiro atoms. The Labute approximate surface area is 224 Å². The highest BCUT2D eigenvalue weighted by atomic mass is 16.7. The van der Waals surface area contributed by atoms with Crippen LogP contribution >= 0.6 is 0 Å². The van der Waals surface area contributed by atoms with Gasteiger partial charge in [0, 0.05) is 25.3 Å². The van der Waals surface area contributed by atoms with Gasteiger partial charge in [0.2, 0.25) is 11.7 Å². The largest absolute Gasteiger partial charge is 0.497 e. The number of aryl methyl sites for hydroxylation is 1. The molecule has 4 rings (SSSR count). The number of aromatic nitrogens is 1. The van der Waals surface area contributed by atoms with Crippen LogP contribution in [0.15, 0.2) is 48.5 Å². The Bertz CT molecular complexity index is 1410. The minimum absolute atomic E-state index is 0.0901. The zero-order valence-corrected chi connectivity index (χ0v) is 22.6. The summed E-state index contributed by atoms with van der Waals surface area (Å²) < 4.78 is 7.45. The van der Waals surface area contributed by atoms with Crippen molar-refractivity contribution in [3.05, 3.63) is 65.4 Å². The Kier molecular flexibility index (Phi) is 8.58. The van der Waals surface area contributed by atoms with Crippen molar-refractivity contribution in [2.24, 2.45) is 0 Å². The van der Waals surface area contributed by atoms with Crippen LogP contribution in [0.4, 0.5) is 0 Å². The van der Waals surface area contributed by atoms with Crippen molar-refractivity contribution in [1.82, 2.24) is 14.9 Å². The molecule has 0 fully saturated rings. The number of nitrogens with one attached hydrogen (secondary N) is 1. The number of hydrogen-bond donors (Lipinski definition) is 1. The molecular formula is C31H35N3O4. The van der Waals surface area contributed by atoms with Gasteiger partial charge in [0.25, 0.3) is 0 Å². The van der Waals surface area contributed by atoms with Gasteiger partial charge < -0.3 is 10.1 Å². The Hall–Kier alpha value is -3.98. The first kappa shape index (κ1) is 27.1. The molecule has 2 aromatic carbocycles. The number of ether oxygens (including phenoxy) is 1. The number of benzene rings is 2. The number of rotatable bonds is 10. The van der Waals surface area contributed by atoms with Crippen LogP contribution in [0.5, 0.6) is 5.75 Å². The van der Waals surface area contributed by atoms with E-state index in [-0.39, 0.29) is 11.7 Å². The van der Waals surface area contributed by atoms with Gasteiger partial charge in [-0.2, -0.15) is 0 Å². The molecule has 1 aliphatic rings. The number of methoxy groups -OCH3 is 1. The van der Waals surface area contributed by atoms with Crippen molar-refractivity contribution in [2.75, 3.05) is 20.8 Å². The lowest BCUT2D eigenvalue weighted by molar-refractivity contribution is -0.132. The third kappa shape index (κ3) is 5.06. The van der Waals surface area contributed by atoms with E-state index in [0.29, 0.717) is 25.8 Å². The molecule has 38 heavy (non-hydrogen) atoms. The summed E-state index contributed by atoms with van der Waals surface area (Å²) in [6.07, 6.45) is 4.58. The number of carbonyl (C=O) groups excluding carboxylic acids is 2. The molecule has 0 saturated heterocycles. The first-order valence-corrected chi connectivity index (χ1v) is 13.1. The van der Waals surface area contributed by atoms with E-state index in [1.165, 1.54) is 12.5 Å². The third-order valence-electron chi connectivity index (χ3n) is 7.01. The second kappa shape index (κ2) is 12.0. The van der Waals surface area contributed by atoms with Gasteiger partial charge in [0.15, 0.2) is 11.5 Å². The molecule has 1 unspecified atom stereocenters. The highest BCUT2D eigenvalue weighted by Gasteiger charge is 2.51. The Morgan fingerprint density at radius 2 is 1.89 bits per heavy atom. The summed E-state index contributed by atoms with van der Waals surface area (Å²) in [4.78, 5) is 30.0. The molecule has 7 nitrogen and oxygen atoms in total. The molecular weight excluding hydrogens is 478 g/mol. The lowest BCUT2D eigenvalue weighted by atomic mass is 9.86. The van der Waals surface area contributed by atoms with Crippen molar-refractivity contribution >= 4 is 28.6 Å². The molecule has 1 aromatic heterocycles. The average Bonchev–Trinajstić information content (AvgIpc) is 3.40. The smallest absolute Gasteiger partial charge is 0.226 e. The highest BCUT2D eigenvalue weighted by Crippen LogP contribution is 2.49. The number of nitrogens with zero attached hydrogens (tertiary/aromatic N) is 2. The van der Waals surface area contributed by atoms with Gasteiger partial charge in [-0.1, -0.05) is 55.5 Å². The Balaban J connectivity index is 1.92. The second-order valence-electron chi connectivity index (χ2n) is 9.43. The molecule has 1 amide bonds. The summed E-state index contributed by atoms with van der Waals surface area (Å²) in [5, 5.41) is 5.50. The lowest BCUT2D eigenvalue weighted by Gasteiger charge is -2.33. The van der Waals surface area contributed by atoms with Crippen molar-refractivity contribution in [3.8, 4) is 17.6 Å². The van der Waals surface area contributed by atoms with Gasteiger partial charge in [-0.3, -0.25) is 14.2 Å². The fourth-order valence-corrected chi connectivity index (χ4v) is 5.32. The van der Waals surface area contributed by atoms with E-state index >= 15 is 0 Å². The number of fused-ring (bicyclic) bond motifs is 3. The van der Waals surface area contributed by atoms with E-state index in [1.807, 2.05) is 41.0 Å². The lowest BCUT2D eigenvalue weighted by Crippen LogP contribution is -2.39. The Morgan fingerprint density at radius 3 is 2.55 bits per heavy atom. The Morgan fingerprint density at radius 1 is 1.11 bits per heavy atom. The van der Waals surface area contributed by atoms with Crippen molar-refractivity contribution in [1.29, 1.82) is 0 Å². The molecule has 0 bridgehead atoms. The van der Waals surface area contributed by atoms with Crippen LogP contribution < -0.4 is 10.1 Å². The molecule has 1 aliphatic heterocycles. The van der Waals surface area contributed by atoms with Gasteiger partial charge in [0.05, 0.1) is 25.4 Å². The SMILES string of the molecule is CCCCC1(C#CCCc2ccccc2)c2c(CCNC(C)=O)c3cc(OC)ccc3n2C(=C=O)N1OC. The number of amides is 1. The quantitative estimate of drug-likeness (QED) is 0.310. The summed E-state index contributed by atoms with van der Waals surface area (Å²) in [6.45, 7) is 4.10. The third-order valence-corrected chi connectivity index (χ3v) is 7.01. The van der Waals surface area contributed by atoms with E-state index in [9.17, 15) is 9.59 Å². The molecule has 1 atom stereocenters. The van der Waals surface area contributed by atoms with Crippen molar-refractivity contribution in [3.63, 3.8) is 0 Å². The molecule has 3 aromatic rings. The van der Waals surface area contributed by atoms with Gasteiger partial charge in [-0.15, -0.1) is 0 Å². The summed E-state index contributed by atoms with van der Waals surface area (Å²) in [7, 11) is 3.20. The zero-order chi connectivity index (χ0) is 27.1. The van der Waals surface area contributed by atoms with Crippen LogP contribution in [0, 0.1) is 11.8 Å². The number of hydrogen-bond acceptors (Lipinski definition) is 5. The molecule has 2 heterocycles. The van der Waals surface area contributed by atoms with E-state index in [4.69, 9.17) is 9.57 Å². The molecule has 198 valence electrons. The topological polar surface area (TPSA) is 72.8 Å². The molecule has 0 saturated carbocycles. The number of carbonyl (C=O) groups is 1. The van der Waals surface area contributed by atoms with Crippen LogP contribution in [-0.2, 0) is 32.8 Å². The molecule has 1 N–H and O–H groups in total. The van der Waals surface area contributed by atoms with Crippen LogP contribution in [-0.4, -0.2) is 42.2 Å². The standard InChI is InChI=1S/C31H35N3O4/c1-5-6-18-31(19-11-10-14-24-12-8-7-9-13-24)30-26(17-20-32-23(2)36)27-21-25(37-3)15-16-28(27)33(30)29(22-35)34(31)38-4/h7-9,12-13,15-16,21H,5-6,10,14,17-18,20H2,1-4H3,(H,32,36). The zero-order valence-electron chi connectivity index (χ0n) is 22.6. The van der Waals surface area contributed by atoms with Crippen molar-refractivity contribution < 1.29 is 19.2 Å². The van der Waals surface area contributed by atoms with Crippen molar-refractivity contribution in [2.45, 2.75) is 57.9 Å². The first-order valence-electron chi connectivity index (χ1n) is 13.1. The number of hydroxylamine groups is 2. The van der Waals surface area contributed by atoms with E-state index in [0.717, 1.165) is 47.2 Å². The van der Waals surface area contributed by atoms with Crippen LogP contribution in [0.1, 0.15) is 56.4 Å². The maximum absolute atomic E-state index is 12.5. The fourth-order valence-electron chi connectivity index (χ4n) is 5.32. The monoisotopic (exact) mass is 513 g/mol.